The molecule has 0 heterocycles. The van der Waals surface area contributed by atoms with Gasteiger partial charge in [0.05, 0.1) is 11.5 Å². The second kappa shape index (κ2) is 17.0. The van der Waals surface area contributed by atoms with Crippen LogP contribution in [-0.2, 0) is 5.41 Å². The first kappa shape index (κ1) is 41.0. The molecule has 0 spiro atoms. The Hall–Kier alpha value is -7.74. The molecule has 0 aromatic heterocycles. The highest BCUT2D eigenvalue weighted by atomic mass is 15.2. The average molecular weight is 848 g/mol. The Morgan fingerprint density at radius 2 is 1.35 bits per heavy atom. The highest BCUT2D eigenvalue weighted by Gasteiger charge is 2.51. The number of benzene rings is 8. The van der Waals surface area contributed by atoms with Crippen molar-refractivity contribution in [1.82, 2.24) is 0 Å². The van der Waals surface area contributed by atoms with Gasteiger partial charge >= 0.3 is 0 Å². The minimum absolute atomic E-state index is 0.102. The van der Waals surface area contributed by atoms with E-state index in [2.05, 4.69) is 231 Å². The van der Waals surface area contributed by atoms with Crippen molar-refractivity contribution >= 4 is 55.7 Å². The lowest BCUT2D eigenvalue weighted by Crippen LogP contribution is -2.34. The van der Waals surface area contributed by atoms with Crippen molar-refractivity contribution in [2.45, 2.75) is 42.6 Å². The van der Waals surface area contributed by atoms with Gasteiger partial charge in [-0.2, -0.15) is 0 Å². The second-order valence-electron chi connectivity index (χ2n) is 18.0. The lowest BCUT2D eigenvalue weighted by Gasteiger charge is -2.37. The highest BCUT2D eigenvalue weighted by Crippen LogP contribution is 2.61. The predicted molar refractivity (Wildman–Crippen MR) is 284 cm³/mol. The van der Waals surface area contributed by atoms with Crippen LogP contribution in [0.1, 0.15) is 75.6 Å². The van der Waals surface area contributed by atoms with Crippen molar-refractivity contribution in [2.75, 3.05) is 4.90 Å². The number of fused-ring (bicyclic) bond motifs is 7. The molecular formula is C65H53N. The molecule has 3 aliphatic carbocycles. The molecule has 0 saturated heterocycles. The van der Waals surface area contributed by atoms with E-state index in [0.29, 0.717) is 6.42 Å². The molecule has 3 aliphatic rings. The molecule has 3 unspecified atom stereocenters. The van der Waals surface area contributed by atoms with E-state index >= 15 is 0 Å². The van der Waals surface area contributed by atoms with Crippen LogP contribution in [0.15, 0.2) is 244 Å². The molecule has 318 valence electrons. The molecule has 66 heavy (non-hydrogen) atoms. The summed E-state index contributed by atoms with van der Waals surface area (Å²) in [6.07, 6.45) is 22.8. The molecule has 0 N–H and O–H groups in total. The van der Waals surface area contributed by atoms with Crippen LogP contribution in [0.4, 0.5) is 5.69 Å². The molecule has 8 aromatic rings. The van der Waals surface area contributed by atoms with Gasteiger partial charge in [0.15, 0.2) is 0 Å². The van der Waals surface area contributed by atoms with Crippen molar-refractivity contribution < 1.29 is 0 Å². The molecule has 0 saturated carbocycles. The number of allylic oxidation sites excluding steroid dienone is 7. The topological polar surface area (TPSA) is 3.24 Å². The lowest BCUT2D eigenvalue weighted by molar-refractivity contribution is 0.692. The summed E-state index contributed by atoms with van der Waals surface area (Å²) in [6, 6.07) is 60.3. The zero-order valence-corrected chi connectivity index (χ0v) is 37.4. The van der Waals surface area contributed by atoms with Gasteiger partial charge < -0.3 is 4.90 Å². The first-order valence-electron chi connectivity index (χ1n) is 23.4. The number of anilines is 1. The Labute approximate surface area is 389 Å². The molecule has 0 fully saturated rings. The molecule has 1 nitrogen and oxygen atoms in total. The quantitative estimate of drug-likeness (QED) is 0.0874. The van der Waals surface area contributed by atoms with E-state index in [1.807, 2.05) is 12.2 Å². The van der Waals surface area contributed by atoms with Gasteiger partial charge in [0.25, 0.3) is 0 Å². The molecule has 0 radical (unpaired) electrons. The summed E-state index contributed by atoms with van der Waals surface area (Å²) < 4.78 is 0. The first-order valence-corrected chi connectivity index (χ1v) is 23.4. The first-order chi connectivity index (χ1) is 32.5. The lowest BCUT2D eigenvalue weighted by atomic mass is 9.66. The third-order valence-electron chi connectivity index (χ3n) is 14.6. The maximum atomic E-state index is 4.83. The van der Waals surface area contributed by atoms with Crippen LogP contribution in [0.5, 0.6) is 0 Å². The van der Waals surface area contributed by atoms with E-state index in [9.17, 15) is 0 Å². The summed E-state index contributed by atoms with van der Waals surface area (Å²) in [6.45, 7) is 17.8. The molecule has 0 amide bonds. The number of nitrogens with zero attached hydrogens (tertiary/aromatic N) is 1. The second-order valence-corrected chi connectivity index (χ2v) is 18.0. The molecule has 3 atom stereocenters. The molecule has 8 aromatic carbocycles. The standard InChI is InChI=1S/C65H53N/c1-5-45-42-60(57-28-17-16-27-56(57)54(45)7-3)48-37-39-53(40-38-48)66(52(6-2)41-44(4)49-36-35-47-34-33-46-21-14-15-26-55(46)59(47)43-49)63-32-20-31-62-64(63)58-29-18-19-30-61(58)65(62,50-22-10-8-11-23-50)51-24-12-9-13-25-51/h5-28,30-37,39-40,42-43,48,52,58H,1-4,29,38,41H2. The minimum atomic E-state index is -0.459. The van der Waals surface area contributed by atoms with Crippen molar-refractivity contribution in [1.29, 1.82) is 0 Å². The fourth-order valence-corrected chi connectivity index (χ4v) is 11.6. The Balaban J connectivity index is 1.07. The Bertz CT molecular complexity index is 3330. The monoisotopic (exact) mass is 847 g/mol. The van der Waals surface area contributed by atoms with Crippen LogP contribution in [0.3, 0.4) is 0 Å². The normalized spacial score (nSPS) is 17.4. The summed E-state index contributed by atoms with van der Waals surface area (Å²) in [7, 11) is 0. The maximum absolute atomic E-state index is 4.83. The van der Waals surface area contributed by atoms with Crippen LogP contribution < -0.4 is 4.90 Å². The summed E-state index contributed by atoms with van der Waals surface area (Å²) >= 11 is 0. The summed E-state index contributed by atoms with van der Waals surface area (Å²) in [4.78, 5) is 2.59. The van der Waals surface area contributed by atoms with E-state index in [1.54, 1.807) is 0 Å². The predicted octanol–water partition coefficient (Wildman–Crippen LogP) is 16.8. The van der Waals surface area contributed by atoms with E-state index < -0.39 is 5.41 Å². The summed E-state index contributed by atoms with van der Waals surface area (Å²) in [5.74, 6) is 0.366. The van der Waals surface area contributed by atoms with Crippen LogP contribution in [-0.4, -0.2) is 6.04 Å². The number of hydrogen-bond acceptors (Lipinski definition) is 1. The smallest absolute Gasteiger partial charge is 0.0674 e. The van der Waals surface area contributed by atoms with Gasteiger partial charge in [-0.05, 0) is 132 Å². The molecule has 1 heteroatoms. The van der Waals surface area contributed by atoms with Gasteiger partial charge in [-0.25, -0.2) is 0 Å². The van der Waals surface area contributed by atoms with Gasteiger partial charge in [0.2, 0.25) is 0 Å². The van der Waals surface area contributed by atoms with E-state index in [-0.39, 0.29) is 17.9 Å². The van der Waals surface area contributed by atoms with Gasteiger partial charge in [0, 0.05) is 23.2 Å². The van der Waals surface area contributed by atoms with Crippen molar-refractivity contribution in [3.05, 3.63) is 288 Å². The SMILES string of the molecule is C=Cc1cc(C2C=CC(N(c3cccc4c3C3CC=CC=C3C4(c3ccccc3)c3ccccc3)C(C=C)CC(=C)c3ccc4ccc5ccccc5c4c3)=CC2)c2ccccc2c1C=C. The van der Waals surface area contributed by atoms with E-state index in [4.69, 9.17) is 6.58 Å². The van der Waals surface area contributed by atoms with Crippen LogP contribution in [0.25, 0.3) is 50.0 Å². The molecular weight excluding hydrogens is 795 g/mol. The molecule has 0 bridgehead atoms. The average Bonchev–Trinajstić information content (AvgIpc) is 3.70. The Morgan fingerprint density at radius 1 is 0.667 bits per heavy atom. The Morgan fingerprint density at radius 3 is 2.05 bits per heavy atom. The molecule has 0 aliphatic heterocycles. The number of hydrogen-bond donors (Lipinski definition) is 0. The van der Waals surface area contributed by atoms with Gasteiger partial charge in [-0.1, -0.05) is 214 Å². The zero-order chi connectivity index (χ0) is 44.8. The fraction of sp³-hybridized carbons (Fsp3) is 0.108. The summed E-state index contributed by atoms with van der Waals surface area (Å²) in [5.41, 5.74) is 14.4. The third kappa shape index (κ3) is 6.61. The van der Waals surface area contributed by atoms with E-state index in [1.165, 1.54) is 77.1 Å². The van der Waals surface area contributed by atoms with Crippen molar-refractivity contribution in [3.63, 3.8) is 0 Å². The largest absolute Gasteiger partial charge is 0.334 e. The third-order valence-corrected chi connectivity index (χ3v) is 14.6. The van der Waals surface area contributed by atoms with Crippen LogP contribution in [0, 0.1) is 0 Å². The number of rotatable bonds is 12. The van der Waals surface area contributed by atoms with Crippen LogP contribution in [0.2, 0.25) is 0 Å². The molecule has 11 rings (SSSR count). The Kier molecular flexibility index (Phi) is 10.6. The van der Waals surface area contributed by atoms with Gasteiger partial charge in [0.1, 0.15) is 0 Å². The van der Waals surface area contributed by atoms with Crippen molar-refractivity contribution in [3.8, 4) is 0 Å². The summed E-state index contributed by atoms with van der Waals surface area (Å²) in [5, 5.41) is 7.46. The zero-order valence-electron chi connectivity index (χ0n) is 37.4. The van der Waals surface area contributed by atoms with Crippen molar-refractivity contribution in [2.24, 2.45) is 0 Å². The van der Waals surface area contributed by atoms with Gasteiger partial charge in [-0.15, -0.1) is 6.58 Å². The highest BCUT2D eigenvalue weighted by molar-refractivity contribution is 6.08. The van der Waals surface area contributed by atoms with Crippen LogP contribution >= 0.6 is 0 Å². The van der Waals surface area contributed by atoms with Gasteiger partial charge in [-0.3, -0.25) is 0 Å². The minimum Gasteiger partial charge on any atom is -0.334 e. The maximum Gasteiger partial charge on any atom is 0.0674 e. The van der Waals surface area contributed by atoms with E-state index in [0.717, 1.165) is 35.1 Å². The fourth-order valence-electron chi connectivity index (χ4n) is 11.6.